The smallest absolute Gasteiger partial charge is 0.325 e. The van der Waals surface area contributed by atoms with Gasteiger partial charge in [-0.2, -0.15) is 5.10 Å². The van der Waals surface area contributed by atoms with Gasteiger partial charge in [0.05, 0.1) is 4.92 Å². The molecule has 1 rings (SSSR count). The molecule has 0 aliphatic rings. The van der Waals surface area contributed by atoms with Gasteiger partial charge in [-0.25, -0.2) is 0 Å². The average Bonchev–Trinajstić information content (AvgIpc) is 2.29. The number of nitro groups is 1. The molecule has 0 unspecified atom stereocenters. The second-order valence-electron chi connectivity index (χ2n) is 2.15. The number of aromatic nitrogens is 2. The van der Waals surface area contributed by atoms with Crippen LogP contribution < -0.4 is 0 Å². The van der Waals surface area contributed by atoms with Gasteiger partial charge in [-0.3, -0.25) is 19.6 Å². The number of hydrogen-bond donors (Lipinski definition) is 1. The zero-order chi connectivity index (χ0) is 10.0. The fraction of sp³-hybridized carbons (Fsp3) is 0.200. The number of halogens is 1. The minimum Gasteiger partial charge on any atom is -0.480 e. The molecule has 1 heterocycles. The molecule has 0 saturated carbocycles. The molecule has 7 nitrogen and oxygen atoms in total. The van der Waals surface area contributed by atoms with Crippen molar-refractivity contribution in [3.63, 3.8) is 0 Å². The van der Waals surface area contributed by atoms with E-state index in [9.17, 15) is 14.9 Å². The lowest BCUT2D eigenvalue weighted by Gasteiger charge is -1.91. The van der Waals surface area contributed by atoms with Crippen LogP contribution in [0.5, 0.6) is 0 Å². The standard InChI is InChI=1S/C5H4ClN3O4/c6-5-3(9(12)13)1-8(7-5)2-4(10)11/h1H,2H2,(H,10,11). The monoisotopic (exact) mass is 205 g/mol. The molecule has 0 aromatic carbocycles. The van der Waals surface area contributed by atoms with Crippen molar-refractivity contribution >= 4 is 23.3 Å². The quantitative estimate of drug-likeness (QED) is 0.573. The van der Waals surface area contributed by atoms with Gasteiger partial charge >= 0.3 is 11.7 Å². The SMILES string of the molecule is O=C(O)Cn1cc([N+](=O)[O-])c(Cl)n1. The van der Waals surface area contributed by atoms with E-state index in [1.165, 1.54) is 0 Å². The first-order valence-electron chi connectivity index (χ1n) is 3.10. The first-order valence-corrected chi connectivity index (χ1v) is 3.47. The van der Waals surface area contributed by atoms with E-state index < -0.39 is 23.1 Å². The first kappa shape index (κ1) is 9.46. The van der Waals surface area contributed by atoms with E-state index in [-0.39, 0.29) is 5.15 Å². The highest BCUT2D eigenvalue weighted by atomic mass is 35.5. The number of carboxylic acids is 1. The first-order chi connectivity index (χ1) is 6.00. The third-order valence-corrected chi connectivity index (χ3v) is 1.46. The summed E-state index contributed by atoms with van der Waals surface area (Å²) >= 11 is 5.36. The van der Waals surface area contributed by atoms with Crippen molar-refractivity contribution in [1.82, 2.24) is 9.78 Å². The molecule has 8 heteroatoms. The van der Waals surface area contributed by atoms with Crippen molar-refractivity contribution < 1.29 is 14.8 Å². The van der Waals surface area contributed by atoms with Crippen LogP contribution in [-0.4, -0.2) is 25.8 Å². The molecule has 1 N–H and O–H groups in total. The van der Waals surface area contributed by atoms with E-state index in [1.807, 2.05) is 0 Å². The van der Waals surface area contributed by atoms with Gasteiger partial charge in [0, 0.05) is 0 Å². The molecule has 0 fully saturated rings. The molecule has 70 valence electrons. The Morgan fingerprint density at radius 3 is 2.85 bits per heavy atom. The highest BCUT2D eigenvalue weighted by Gasteiger charge is 2.17. The largest absolute Gasteiger partial charge is 0.480 e. The maximum Gasteiger partial charge on any atom is 0.325 e. The van der Waals surface area contributed by atoms with Gasteiger partial charge in [-0.05, 0) is 0 Å². The third kappa shape index (κ3) is 2.15. The minimum atomic E-state index is -1.14. The molecule has 0 aliphatic carbocycles. The second kappa shape index (κ2) is 3.40. The molecule has 0 atom stereocenters. The Labute approximate surface area is 76.7 Å². The summed E-state index contributed by atoms with van der Waals surface area (Å²) in [7, 11) is 0. The molecule has 0 radical (unpaired) electrons. The van der Waals surface area contributed by atoms with Crippen LogP contribution in [0.1, 0.15) is 0 Å². The Hall–Kier alpha value is -1.63. The molecule has 0 amide bonds. The van der Waals surface area contributed by atoms with Gasteiger partial charge in [0.25, 0.3) is 0 Å². The molecule has 0 aliphatic heterocycles. The fourth-order valence-electron chi connectivity index (χ4n) is 0.729. The van der Waals surface area contributed by atoms with Gasteiger partial charge in [-0.1, -0.05) is 11.6 Å². The predicted molar refractivity (Wildman–Crippen MR) is 41.5 cm³/mol. The van der Waals surface area contributed by atoms with Gasteiger partial charge in [0.15, 0.2) is 0 Å². The Morgan fingerprint density at radius 2 is 2.46 bits per heavy atom. The summed E-state index contributed by atoms with van der Waals surface area (Å²) in [4.78, 5) is 19.7. The zero-order valence-corrected chi connectivity index (χ0v) is 6.93. The molecule has 13 heavy (non-hydrogen) atoms. The Balaban J connectivity index is 2.95. The summed E-state index contributed by atoms with van der Waals surface area (Å²) in [5.41, 5.74) is -0.400. The topological polar surface area (TPSA) is 98.3 Å². The summed E-state index contributed by atoms with van der Waals surface area (Å²) in [6, 6.07) is 0. The van der Waals surface area contributed by atoms with Crippen LogP contribution in [0, 0.1) is 10.1 Å². The molecule has 1 aromatic heterocycles. The number of rotatable bonds is 3. The summed E-state index contributed by atoms with van der Waals surface area (Å²) in [5.74, 6) is -1.14. The van der Waals surface area contributed by atoms with E-state index in [4.69, 9.17) is 16.7 Å². The number of carbonyl (C=O) groups is 1. The summed E-state index contributed by atoms with van der Waals surface area (Å²) in [6.45, 7) is -0.451. The number of carboxylic acid groups (broad SMARTS) is 1. The van der Waals surface area contributed by atoms with E-state index in [0.717, 1.165) is 10.9 Å². The summed E-state index contributed by atoms with van der Waals surface area (Å²) in [5, 5.41) is 21.7. The van der Waals surface area contributed by atoms with Crippen LogP contribution in [0.3, 0.4) is 0 Å². The molecule has 0 saturated heterocycles. The van der Waals surface area contributed by atoms with Crippen molar-refractivity contribution in [2.45, 2.75) is 6.54 Å². The van der Waals surface area contributed by atoms with Crippen LogP contribution in [0.25, 0.3) is 0 Å². The number of hydrogen-bond acceptors (Lipinski definition) is 4. The van der Waals surface area contributed by atoms with Crippen molar-refractivity contribution in [2.24, 2.45) is 0 Å². The average molecular weight is 206 g/mol. The Bertz CT molecular complexity index is 361. The predicted octanol–water partition coefficient (Wildman–Crippen LogP) is 0.529. The highest BCUT2D eigenvalue weighted by molar-refractivity contribution is 6.31. The maximum absolute atomic E-state index is 10.2. The summed E-state index contributed by atoms with van der Waals surface area (Å²) < 4.78 is 0.892. The second-order valence-corrected chi connectivity index (χ2v) is 2.51. The van der Waals surface area contributed by atoms with Gasteiger partial charge in [-0.15, -0.1) is 0 Å². The molecular formula is C5H4ClN3O4. The van der Waals surface area contributed by atoms with E-state index >= 15 is 0 Å². The van der Waals surface area contributed by atoms with Gasteiger partial charge < -0.3 is 5.11 Å². The van der Waals surface area contributed by atoms with E-state index in [2.05, 4.69) is 5.10 Å². The molecular weight excluding hydrogens is 202 g/mol. The van der Waals surface area contributed by atoms with Crippen LogP contribution in [0.4, 0.5) is 5.69 Å². The van der Waals surface area contributed by atoms with Crippen molar-refractivity contribution in [3.05, 3.63) is 21.5 Å². The van der Waals surface area contributed by atoms with Crippen LogP contribution in [-0.2, 0) is 11.3 Å². The lowest BCUT2D eigenvalue weighted by atomic mass is 10.6. The zero-order valence-electron chi connectivity index (χ0n) is 6.18. The summed E-state index contributed by atoms with van der Waals surface area (Å²) in [6.07, 6.45) is 0.969. The normalized spacial score (nSPS) is 9.92. The van der Waals surface area contributed by atoms with Crippen LogP contribution >= 0.6 is 11.6 Å². The minimum absolute atomic E-state index is 0.314. The van der Waals surface area contributed by atoms with E-state index in [0.29, 0.717) is 0 Å². The molecule has 1 aromatic rings. The van der Waals surface area contributed by atoms with Crippen LogP contribution in [0.15, 0.2) is 6.20 Å². The van der Waals surface area contributed by atoms with Crippen molar-refractivity contribution in [1.29, 1.82) is 0 Å². The van der Waals surface area contributed by atoms with Gasteiger partial charge in [0.1, 0.15) is 12.7 Å². The lowest BCUT2D eigenvalue weighted by molar-refractivity contribution is -0.384. The highest BCUT2D eigenvalue weighted by Crippen LogP contribution is 2.21. The third-order valence-electron chi connectivity index (χ3n) is 1.19. The number of aliphatic carboxylic acids is 1. The fourth-order valence-corrected chi connectivity index (χ4v) is 0.944. The van der Waals surface area contributed by atoms with Crippen molar-refractivity contribution in [3.8, 4) is 0 Å². The lowest BCUT2D eigenvalue weighted by Crippen LogP contribution is -2.08. The van der Waals surface area contributed by atoms with Gasteiger partial charge in [0.2, 0.25) is 5.15 Å². The Kier molecular flexibility index (Phi) is 2.47. The van der Waals surface area contributed by atoms with Crippen LogP contribution in [0.2, 0.25) is 5.15 Å². The molecule has 0 bridgehead atoms. The van der Waals surface area contributed by atoms with Crippen molar-refractivity contribution in [2.75, 3.05) is 0 Å². The maximum atomic E-state index is 10.2. The number of nitrogens with zero attached hydrogens (tertiary/aromatic N) is 3. The Morgan fingerprint density at radius 1 is 1.85 bits per heavy atom. The molecule has 0 spiro atoms. The van der Waals surface area contributed by atoms with E-state index in [1.54, 1.807) is 0 Å².